The molecular weight excluding hydrogens is 140 g/mol. The van der Waals surface area contributed by atoms with Crippen molar-refractivity contribution in [3.05, 3.63) is 18.5 Å². The standard InChI is InChI=1S/C8H11N2O/c1-4-9-10(5-1)8-2-6-11-7-3-8/h4-5,8H,2-3,6-7H2. The van der Waals surface area contributed by atoms with Gasteiger partial charge >= 0.3 is 0 Å². The van der Waals surface area contributed by atoms with Crippen LogP contribution in [0.2, 0.25) is 0 Å². The van der Waals surface area contributed by atoms with E-state index < -0.39 is 0 Å². The number of hydrogen-bond acceptors (Lipinski definition) is 2. The summed E-state index contributed by atoms with van der Waals surface area (Å²) in [5, 5.41) is 4.15. The molecule has 1 radical (unpaired) electrons. The normalized spacial score (nSPS) is 20.4. The predicted molar refractivity (Wildman–Crippen MR) is 40.2 cm³/mol. The van der Waals surface area contributed by atoms with E-state index in [0.29, 0.717) is 6.04 Å². The highest BCUT2D eigenvalue weighted by atomic mass is 16.5. The highest BCUT2D eigenvalue weighted by Crippen LogP contribution is 2.18. The third-order valence-electron chi connectivity index (χ3n) is 2.04. The monoisotopic (exact) mass is 151 g/mol. The van der Waals surface area contributed by atoms with E-state index in [-0.39, 0.29) is 0 Å². The average molecular weight is 151 g/mol. The summed E-state index contributed by atoms with van der Waals surface area (Å²) in [6.07, 6.45) is 5.76. The van der Waals surface area contributed by atoms with Gasteiger partial charge in [0.15, 0.2) is 0 Å². The Balaban J connectivity index is 2.04. The number of rotatable bonds is 1. The SMILES string of the molecule is [c]1cnn(C2CCOCC2)c1. The molecule has 1 aliphatic rings. The second-order valence-electron chi connectivity index (χ2n) is 2.76. The minimum absolute atomic E-state index is 0.537. The van der Waals surface area contributed by atoms with Crippen LogP contribution in [0.25, 0.3) is 0 Å². The summed E-state index contributed by atoms with van der Waals surface area (Å²) in [5.41, 5.74) is 0. The lowest BCUT2D eigenvalue weighted by Crippen LogP contribution is -2.19. The first-order chi connectivity index (χ1) is 5.47. The largest absolute Gasteiger partial charge is 0.381 e. The summed E-state index contributed by atoms with van der Waals surface area (Å²) in [7, 11) is 0. The summed E-state index contributed by atoms with van der Waals surface area (Å²) in [6, 6.07) is 3.48. The maximum Gasteiger partial charge on any atom is 0.0569 e. The third-order valence-corrected chi connectivity index (χ3v) is 2.04. The Labute approximate surface area is 66.0 Å². The molecule has 3 nitrogen and oxygen atoms in total. The lowest BCUT2D eigenvalue weighted by molar-refractivity contribution is 0.0662. The van der Waals surface area contributed by atoms with E-state index in [1.54, 1.807) is 6.20 Å². The summed E-state index contributed by atoms with van der Waals surface area (Å²) in [6.45, 7) is 1.73. The van der Waals surface area contributed by atoms with Gasteiger partial charge in [0.1, 0.15) is 0 Å². The van der Waals surface area contributed by atoms with Gasteiger partial charge in [-0.1, -0.05) is 0 Å². The van der Waals surface area contributed by atoms with Crippen LogP contribution in [0.1, 0.15) is 18.9 Å². The molecule has 0 aromatic carbocycles. The van der Waals surface area contributed by atoms with Gasteiger partial charge in [-0.2, -0.15) is 5.10 Å². The Bertz CT molecular complexity index is 202. The van der Waals surface area contributed by atoms with Gasteiger partial charge in [-0.25, -0.2) is 0 Å². The van der Waals surface area contributed by atoms with E-state index in [0.717, 1.165) is 26.1 Å². The Kier molecular flexibility index (Phi) is 1.90. The molecule has 11 heavy (non-hydrogen) atoms. The molecule has 1 saturated heterocycles. The molecule has 0 N–H and O–H groups in total. The highest BCUT2D eigenvalue weighted by molar-refractivity contribution is 4.80. The van der Waals surface area contributed by atoms with Gasteiger partial charge in [0.2, 0.25) is 0 Å². The van der Waals surface area contributed by atoms with Gasteiger partial charge in [0.05, 0.1) is 12.2 Å². The Hall–Kier alpha value is -0.830. The first-order valence-electron chi connectivity index (χ1n) is 3.95. The zero-order valence-corrected chi connectivity index (χ0v) is 6.36. The van der Waals surface area contributed by atoms with Gasteiger partial charge in [-0.3, -0.25) is 4.68 Å². The molecule has 1 fully saturated rings. The lowest BCUT2D eigenvalue weighted by atomic mass is 10.1. The summed E-state index contributed by atoms with van der Waals surface area (Å²) in [5.74, 6) is 0. The van der Waals surface area contributed by atoms with Crippen molar-refractivity contribution in [1.82, 2.24) is 9.78 Å². The van der Waals surface area contributed by atoms with Gasteiger partial charge in [0, 0.05) is 25.5 Å². The summed E-state index contributed by atoms with van der Waals surface area (Å²) < 4.78 is 7.22. The first kappa shape index (κ1) is 6.85. The van der Waals surface area contributed by atoms with Crippen molar-refractivity contribution in [2.75, 3.05) is 13.2 Å². The van der Waals surface area contributed by atoms with Crippen molar-refractivity contribution in [3.8, 4) is 0 Å². The number of aromatic nitrogens is 2. The molecule has 0 bridgehead atoms. The van der Waals surface area contributed by atoms with E-state index in [1.807, 2.05) is 10.9 Å². The molecular formula is C8H11N2O. The van der Waals surface area contributed by atoms with Crippen LogP contribution in [-0.2, 0) is 4.74 Å². The van der Waals surface area contributed by atoms with E-state index in [4.69, 9.17) is 4.74 Å². The van der Waals surface area contributed by atoms with Crippen molar-refractivity contribution in [3.63, 3.8) is 0 Å². The van der Waals surface area contributed by atoms with Crippen LogP contribution in [-0.4, -0.2) is 23.0 Å². The fraction of sp³-hybridized carbons (Fsp3) is 0.625. The van der Waals surface area contributed by atoms with E-state index in [1.165, 1.54) is 0 Å². The first-order valence-corrected chi connectivity index (χ1v) is 3.95. The van der Waals surface area contributed by atoms with Crippen molar-refractivity contribution in [2.45, 2.75) is 18.9 Å². The molecule has 1 aliphatic heterocycles. The molecule has 0 amide bonds. The minimum atomic E-state index is 0.537. The van der Waals surface area contributed by atoms with Crippen LogP contribution in [0, 0.1) is 6.07 Å². The maximum absolute atomic E-state index is 5.25. The number of nitrogens with zero attached hydrogens (tertiary/aromatic N) is 2. The fourth-order valence-electron chi connectivity index (χ4n) is 1.39. The molecule has 0 unspecified atom stereocenters. The van der Waals surface area contributed by atoms with Crippen LogP contribution >= 0.6 is 0 Å². The van der Waals surface area contributed by atoms with Crippen LogP contribution in [0.3, 0.4) is 0 Å². The van der Waals surface area contributed by atoms with Gasteiger partial charge in [0.25, 0.3) is 0 Å². The van der Waals surface area contributed by atoms with Gasteiger partial charge in [-0.05, 0) is 12.8 Å². The Morgan fingerprint density at radius 1 is 1.45 bits per heavy atom. The van der Waals surface area contributed by atoms with E-state index >= 15 is 0 Å². The fourth-order valence-corrected chi connectivity index (χ4v) is 1.39. The smallest absolute Gasteiger partial charge is 0.0569 e. The lowest BCUT2D eigenvalue weighted by Gasteiger charge is -2.21. The second-order valence-corrected chi connectivity index (χ2v) is 2.76. The van der Waals surface area contributed by atoms with Gasteiger partial charge in [-0.15, -0.1) is 0 Å². The predicted octanol–water partition coefficient (Wildman–Crippen LogP) is 1.03. The van der Waals surface area contributed by atoms with Crippen molar-refractivity contribution < 1.29 is 4.74 Å². The van der Waals surface area contributed by atoms with E-state index in [2.05, 4.69) is 11.2 Å². The van der Waals surface area contributed by atoms with Gasteiger partial charge < -0.3 is 4.74 Å². The summed E-state index contributed by atoms with van der Waals surface area (Å²) >= 11 is 0. The van der Waals surface area contributed by atoms with Crippen LogP contribution < -0.4 is 0 Å². The van der Waals surface area contributed by atoms with E-state index in [9.17, 15) is 0 Å². The summed E-state index contributed by atoms with van der Waals surface area (Å²) in [4.78, 5) is 0. The quantitative estimate of drug-likeness (QED) is 0.599. The van der Waals surface area contributed by atoms with Crippen molar-refractivity contribution in [1.29, 1.82) is 0 Å². The molecule has 1 aromatic heterocycles. The molecule has 1 aromatic rings. The Morgan fingerprint density at radius 2 is 2.27 bits per heavy atom. The molecule has 2 rings (SSSR count). The maximum atomic E-state index is 5.25. The van der Waals surface area contributed by atoms with Crippen molar-refractivity contribution in [2.24, 2.45) is 0 Å². The zero-order chi connectivity index (χ0) is 7.52. The number of ether oxygens (including phenoxy) is 1. The molecule has 3 heteroatoms. The van der Waals surface area contributed by atoms with Crippen LogP contribution in [0.5, 0.6) is 0 Å². The minimum Gasteiger partial charge on any atom is -0.381 e. The zero-order valence-electron chi connectivity index (χ0n) is 6.36. The van der Waals surface area contributed by atoms with Crippen LogP contribution in [0.15, 0.2) is 12.4 Å². The molecule has 0 spiro atoms. The molecule has 2 heterocycles. The average Bonchev–Trinajstić information content (AvgIpc) is 2.58. The second kappa shape index (κ2) is 3.05. The third kappa shape index (κ3) is 1.43. The topological polar surface area (TPSA) is 27.1 Å². The molecule has 0 aliphatic carbocycles. The van der Waals surface area contributed by atoms with Crippen molar-refractivity contribution >= 4 is 0 Å². The highest BCUT2D eigenvalue weighted by Gasteiger charge is 2.14. The van der Waals surface area contributed by atoms with Crippen LogP contribution in [0.4, 0.5) is 0 Å². The Morgan fingerprint density at radius 3 is 2.91 bits per heavy atom. The molecule has 0 atom stereocenters. The number of hydrogen-bond donors (Lipinski definition) is 0. The molecule has 0 saturated carbocycles. The molecule has 59 valence electrons.